The molecule has 2 saturated heterocycles. The number of nitrogens with one attached hydrogen (secondary N) is 2. The highest BCUT2D eigenvalue weighted by Crippen LogP contribution is 2.42. The van der Waals surface area contributed by atoms with Crippen molar-refractivity contribution in [1.29, 1.82) is 0 Å². The number of likely N-dealkylation sites (N-methyl/N-ethyl adjacent to an activating group) is 1. The zero-order chi connectivity index (χ0) is 45.3. The van der Waals surface area contributed by atoms with Gasteiger partial charge >= 0.3 is 5.97 Å². The lowest BCUT2D eigenvalue weighted by Gasteiger charge is -2.38. The lowest BCUT2D eigenvalue weighted by atomic mass is 9.84. The number of pyridine rings is 1. The average Bonchev–Trinajstić information content (AvgIpc) is 3.35. The van der Waals surface area contributed by atoms with Gasteiger partial charge < -0.3 is 34.8 Å². The summed E-state index contributed by atoms with van der Waals surface area (Å²) in [5.41, 5.74) is 12.0. The topological polar surface area (TPSA) is 181 Å². The van der Waals surface area contributed by atoms with Gasteiger partial charge in [0.2, 0.25) is 11.4 Å². The maximum absolute atomic E-state index is 14.7. The minimum absolute atomic E-state index is 0.0362. The summed E-state index contributed by atoms with van der Waals surface area (Å²) in [6, 6.07) is 15.8. The lowest BCUT2D eigenvalue weighted by Crippen LogP contribution is -2.63. The van der Waals surface area contributed by atoms with Gasteiger partial charge in [0, 0.05) is 61.0 Å². The van der Waals surface area contributed by atoms with E-state index in [1.807, 2.05) is 39.0 Å². The molecule has 2 aromatic carbocycles. The number of carbonyl (C=O) groups is 4. The molecule has 3 amide bonds. The summed E-state index contributed by atoms with van der Waals surface area (Å²) in [4.78, 5) is 66.0. The third-order valence-corrected chi connectivity index (χ3v) is 18.9. The maximum Gasteiger partial charge on any atom is 0.307 e. The number of rotatable bonds is 9. The fourth-order valence-electron chi connectivity index (χ4n) is 9.14. The molecule has 4 radical (unpaired) electrons. The van der Waals surface area contributed by atoms with Gasteiger partial charge in [0.25, 0.3) is 8.96 Å². The number of hydrogen-bond donors (Lipinski definition) is 4. The SMILES string of the molecule is CCn1c(-c2cccnc2[C@H](C)OC)c2c3cc(ccc31)-c1cc(O)cc(c1)C[Si](NC(=O)[C@H](C(C)C)N(C)C(=O)[Si]1CC[C@@H]1N)C(=O)N1CCC[C@H]([Si]N1)C(=O)OCC(C)(C)C2. The van der Waals surface area contributed by atoms with Crippen LogP contribution < -0.4 is 15.8 Å². The molecule has 4 aromatic rings. The predicted molar refractivity (Wildman–Crippen MR) is 248 cm³/mol. The van der Waals surface area contributed by atoms with Crippen molar-refractivity contribution in [1.82, 2.24) is 29.5 Å². The number of hydrazine groups is 1. The number of amides is 3. The molecule has 0 aliphatic carbocycles. The second-order valence-electron chi connectivity index (χ2n) is 18.3. The van der Waals surface area contributed by atoms with Crippen molar-refractivity contribution in [3.63, 3.8) is 0 Å². The van der Waals surface area contributed by atoms with Crippen LogP contribution in [-0.4, -0.2) is 114 Å². The molecule has 0 saturated carbocycles. The standard InChI is InChI=1S/C46H61N7O7Si3/c1-9-52-36-15-14-30-23-34(36)35(41(52)33-12-10-17-48-39(33)28(4)59-8)24-46(5,6)26-60-43(56)37-13-11-18-53(50-61-37)45(58)63(25-29-20-31(30)22-32(54)21-29)49-42(55)40(27(2)3)51(7)44(57)62-19-16-38(62)47/h10,12,14-15,17,20-23,27-28,37-38,40,50,54H,9,11,13,16,18-19,24-26,47H2,1-8H3,(H,49,55)/t28-,37-,38+,40-/m0/s1. The molecule has 0 unspecified atom stereocenters. The van der Waals surface area contributed by atoms with Gasteiger partial charge in [-0.1, -0.05) is 39.8 Å². The third kappa shape index (κ3) is 9.73. The molecule has 6 bridgehead atoms. The van der Waals surface area contributed by atoms with Crippen molar-refractivity contribution >= 4 is 61.3 Å². The van der Waals surface area contributed by atoms with E-state index in [1.165, 1.54) is 4.90 Å². The Balaban J connectivity index is 1.35. The molecular formula is C46H61N7O7Si3. The number of phenolic OH excluding ortho intramolecular Hbond substituents is 1. The Bertz CT molecular complexity index is 2370. The summed E-state index contributed by atoms with van der Waals surface area (Å²) in [6.07, 6.45) is 3.99. The highest BCUT2D eigenvalue weighted by Gasteiger charge is 2.43. The zero-order valence-corrected chi connectivity index (χ0v) is 40.7. The number of carbonyl (C=O) groups excluding carboxylic acids is 4. The largest absolute Gasteiger partial charge is 0.508 e. The van der Waals surface area contributed by atoms with Gasteiger partial charge in [0.05, 0.1) is 29.6 Å². The number of nitrogens with zero attached hydrogens (tertiary/aromatic N) is 4. The van der Waals surface area contributed by atoms with Gasteiger partial charge in [-0.3, -0.25) is 34.3 Å². The first-order valence-corrected chi connectivity index (χ1v) is 26.6. The molecule has 17 heteroatoms. The van der Waals surface area contributed by atoms with Crippen molar-refractivity contribution in [2.24, 2.45) is 17.1 Å². The van der Waals surface area contributed by atoms with Crippen LogP contribution in [0.3, 0.4) is 0 Å². The summed E-state index contributed by atoms with van der Waals surface area (Å²) in [6.45, 7) is 13.3. The summed E-state index contributed by atoms with van der Waals surface area (Å²) in [7, 11) is -0.741. The van der Waals surface area contributed by atoms with E-state index in [9.17, 15) is 24.3 Å². The van der Waals surface area contributed by atoms with Crippen LogP contribution in [0, 0.1) is 11.3 Å². The molecule has 5 heterocycles. The minimum atomic E-state index is -2.48. The number of aryl methyl sites for hydroxylation is 1. The van der Waals surface area contributed by atoms with Crippen molar-refractivity contribution in [2.75, 3.05) is 27.3 Å². The highest BCUT2D eigenvalue weighted by atomic mass is 28.3. The van der Waals surface area contributed by atoms with Crippen LogP contribution in [0.15, 0.2) is 54.7 Å². The number of phenols is 1. The molecule has 5 N–H and O–H groups in total. The van der Waals surface area contributed by atoms with E-state index in [1.54, 1.807) is 37.5 Å². The Morgan fingerprint density at radius 1 is 1.14 bits per heavy atom. The van der Waals surface area contributed by atoms with Gasteiger partial charge in [-0.05, 0) is 116 Å². The van der Waals surface area contributed by atoms with E-state index < -0.39 is 40.7 Å². The van der Waals surface area contributed by atoms with Crippen molar-refractivity contribution in [3.8, 4) is 28.1 Å². The molecule has 7 rings (SSSR count). The number of ether oxygens (including phenoxy) is 2. The van der Waals surface area contributed by atoms with E-state index in [0.717, 1.165) is 57.0 Å². The number of aromatic hydroxyl groups is 1. The molecule has 4 atom stereocenters. The van der Waals surface area contributed by atoms with Crippen LogP contribution in [-0.2, 0) is 38.1 Å². The van der Waals surface area contributed by atoms with Crippen LogP contribution in [0.1, 0.15) is 83.7 Å². The zero-order valence-electron chi connectivity index (χ0n) is 37.7. The summed E-state index contributed by atoms with van der Waals surface area (Å²) in [5, 5.41) is 17.2. The first-order chi connectivity index (χ1) is 30.0. The maximum atomic E-state index is 14.7. The average molecular weight is 908 g/mol. The molecule has 14 nitrogen and oxygen atoms in total. The van der Waals surface area contributed by atoms with E-state index in [2.05, 4.69) is 53.6 Å². The summed E-state index contributed by atoms with van der Waals surface area (Å²) in [5.74, 6) is -0.912. The lowest BCUT2D eigenvalue weighted by molar-refractivity contribution is -0.146. The van der Waals surface area contributed by atoms with Crippen molar-refractivity contribution in [3.05, 3.63) is 71.5 Å². The van der Waals surface area contributed by atoms with Gasteiger partial charge in [-0.2, -0.15) is 0 Å². The summed E-state index contributed by atoms with van der Waals surface area (Å²) >= 11 is 0. The molecule has 2 fully saturated rings. The number of hydrogen-bond acceptors (Lipinski definition) is 10. The number of methoxy groups -OCH3 is 1. The third-order valence-electron chi connectivity index (χ3n) is 12.7. The van der Waals surface area contributed by atoms with Gasteiger partial charge in [-0.25, -0.2) is 0 Å². The normalized spacial score (nSPS) is 21.0. The Hall–Kier alpha value is -4.66. The van der Waals surface area contributed by atoms with E-state index in [4.69, 9.17) is 20.2 Å². The van der Waals surface area contributed by atoms with E-state index in [0.29, 0.717) is 37.9 Å². The first-order valence-electron chi connectivity index (χ1n) is 22.0. The van der Waals surface area contributed by atoms with E-state index >= 15 is 0 Å². The molecule has 3 aliphatic rings. The number of fused-ring (bicyclic) bond motifs is 7. The van der Waals surface area contributed by atoms with Crippen LogP contribution in [0.4, 0.5) is 9.59 Å². The fourth-order valence-corrected chi connectivity index (χ4v) is 14.3. The molecular weight excluding hydrogens is 847 g/mol. The van der Waals surface area contributed by atoms with E-state index in [-0.39, 0.29) is 62.8 Å². The number of benzene rings is 2. The quantitative estimate of drug-likeness (QED) is 0.111. The Morgan fingerprint density at radius 2 is 1.92 bits per heavy atom. The number of aromatic nitrogens is 2. The Kier molecular flexibility index (Phi) is 14.1. The Labute approximate surface area is 376 Å². The molecule has 63 heavy (non-hydrogen) atoms. The molecule has 2 aromatic heterocycles. The number of nitrogens with two attached hydrogens (primary N) is 1. The number of cyclic esters (lactones) is 1. The van der Waals surface area contributed by atoms with Crippen molar-refractivity contribution < 1.29 is 33.8 Å². The van der Waals surface area contributed by atoms with Crippen LogP contribution in [0.25, 0.3) is 33.3 Å². The van der Waals surface area contributed by atoms with Gasteiger partial charge in [0.1, 0.15) is 11.8 Å². The molecule has 3 aliphatic heterocycles. The summed E-state index contributed by atoms with van der Waals surface area (Å²) < 4.78 is 14.3. The van der Waals surface area contributed by atoms with Crippen LogP contribution >= 0.6 is 0 Å². The molecule has 0 spiro atoms. The van der Waals surface area contributed by atoms with Gasteiger partial charge in [0.15, 0.2) is 24.0 Å². The van der Waals surface area contributed by atoms with Crippen molar-refractivity contribution in [2.45, 2.75) is 109 Å². The molecule has 334 valence electrons. The monoisotopic (exact) mass is 907 g/mol. The Morgan fingerprint density at radius 3 is 2.60 bits per heavy atom. The smallest absolute Gasteiger partial charge is 0.307 e. The van der Waals surface area contributed by atoms with Crippen LogP contribution in [0.2, 0.25) is 11.6 Å². The van der Waals surface area contributed by atoms with Crippen LogP contribution in [0.5, 0.6) is 5.75 Å². The predicted octanol–water partition coefficient (Wildman–Crippen LogP) is 6.25. The second-order valence-corrected chi connectivity index (χ2v) is 24.2. The fraction of sp³-hybridized carbons (Fsp3) is 0.500. The second kappa shape index (κ2) is 19.2. The number of esters is 1. The van der Waals surface area contributed by atoms with Gasteiger partial charge in [-0.15, -0.1) is 0 Å². The highest BCUT2D eigenvalue weighted by molar-refractivity contribution is 6.92. The minimum Gasteiger partial charge on any atom is -0.508 e. The first kappa shape index (κ1) is 46.3.